The molecule has 9 nitrogen and oxygen atoms in total. The van der Waals surface area contributed by atoms with E-state index in [0.29, 0.717) is 25.8 Å². The number of carbonyl (C=O) groups excluding carboxylic acids is 3. The summed E-state index contributed by atoms with van der Waals surface area (Å²) in [5.74, 6) is -1.71. The summed E-state index contributed by atoms with van der Waals surface area (Å²) in [5.41, 5.74) is 1.96. The van der Waals surface area contributed by atoms with E-state index >= 15 is 0 Å². The van der Waals surface area contributed by atoms with Gasteiger partial charge in [-0.05, 0) is 24.5 Å². The van der Waals surface area contributed by atoms with Gasteiger partial charge < -0.3 is 25.6 Å². The number of nitrogens with zero attached hydrogens (tertiary/aromatic N) is 1. The summed E-state index contributed by atoms with van der Waals surface area (Å²) < 4.78 is 0. The van der Waals surface area contributed by atoms with Crippen molar-refractivity contribution < 1.29 is 24.3 Å². The van der Waals surface area contributed by atoms with E-state index in [1.54, 1.807) is 4.90 Å². The molecule has 3 atom stereocenters. The number of benzene rings is 1. The number of fused-ring (bicyclic) bond motifs is 2. The first-order valence-electron chi connectivity index (χ1n) is 10.1. The van der Waals surface area contributed by atoms with Crippen molar-refractivity contribution in [2.75, 3.05) is 6.54 Å². The monoisotopic (exact) mass is 412 g/mol. The number of carbonyl (C=O) groups is 4. The van der Waals surface area contributed by atoms with Crippen LogP contribution in [0.25, 0.3) is 10.9 Å². The van der Waals surface area contributed by atoms with Gasteiger partial charge in [0.05, 0.1) is 6.42 Å². The summed E-state index contributed by atoms with van der Waals surface area (Å²) in [6, 6.07) is 6.34. The van der Waals surface area contributed by atoms with Crippen LogP contribution in [0.5, 0.6) is 0 Å². The Morgan fingerprint density at radius 3 is 2.80 bits per heavy atom. The molecule has 0 unspecified atom stereocenters. The molecule has 30 heavy (non-hydrogen) atoms. The van der Waals surface area contributed by atoms with Gasteiger partial charge >= 0.3 is 5.97 Å². The third-order valence-electron chi connectivity index (χ3n) is 5.83. The van der Waals surface area contributed by atoms with Gasteiger partial charge in [-0.1, -0.05) is 18.2 Å². The van der Waals surface area contributed by atoms with Gasteiger partial charge in [-0.3, -0.25) is 19.2 Å². The van der Waals surface area contributed by atoms with Crippen LogP contribution in [0, 0.1) is 0 Å². The number of aliphatic carboxylic acids is 1. The molecule has 0 aliphatic carbocycles. The minimum Gasteiger partial charge on any atom is -0.481 e. The van der Waals surface area contributed by atoms with Crippen LogP contribution >= 0.6 is 0 Å². The number of H-pyrrole nitrogens is 1. The second-order valence-electron chi connectivity index (χ2n) is 7.85. The fraction of sp³-hybridized carbons (Fsp3) is 0.429. The van der Waals surface area contributed by atoms with E-state index in [0.717, 1.165) is 16.5 Å². The van der Waals surface area contributed by atoms with Crippen molar-refractivity contribution in [1.29, 1.82) is 0 Å². The maximum atomic E-state index is 13.0. The maximum absolute atomic E-state index is 13.0. The molecule has 2 saturated heterocycles. The fourth-order valence-corrected chi connectivity index (χ4v) is 4.32. The largest absolute Gasteiger partial charge is 0.481 e. The van der Waals surface area contributed by atoms with Crippen LogP contribution in [0.1, 0.15) is 31.2 Å². The van der Waals surface area contributed by atoms with Gasteiger partial charge in [0.15, 0.2) is 0 Å². The number of aromatic amines is 1. The van der Waals surface area contributed by atoms with Gasteiger partial charge in [0.25, 0.3) is 0 Å². The molecule has 2 aromatic rings. The van der Waals surface area contributed by atoms with E-state index in [-0.39, 0.29) is 36.6 Å². The first-order chi connectivity index (χ1) is 14.4. The van der Waals surface area contributed by atoms with Crippen molar-refractivity contribution in [2.24, 2.45) is 0 Å². The number of hydrogen-bond donors (Lipinski definition) is 4. The number of amides is 3. The molecule has 0 spiro atoms. The minimum atomic E-state index is -1.03. The molecule has 2 fully saturated rings. The van der Waals surface area contributed by atoms with Gasteiger partial charge in [0.2, 0.25) is 17.7 Å². The zero-order valence-electron chi connectivity index (χ0n) is 16.4. The van der Waals surface area contributed by atoms with Crippen molar-refractivity contribution in [3.05, 3.63) is 36.0 Å². The first-order valence-corrected chi connectivity index (χ1v) is 10.1. The van der Waals surface area contributed by atoms with Crippen molar-refractivity contribution in [3.8, 4) is 0 Å². The molecule has 1 aromatic heterocycles. The van der Waals surface area contributed by atoms with E-state index in [4.69, 9.17) is 5.11 Å². The molecule has 158 valence electrons. The van der Waals surface area contributed by atoms with Crippen molar-refractivity contribution in [1.82, 2.24) is 20.5 Å². The quantitative estimate of drug-likeness (QED) is 0.550. The van der Waals surface area contributed by atoms with E-state index in [9.17, 15) is 19.2 Å². The number of nitrogens with one attached hydrogen (secondary N) is 3. The molecule has 2 aliphatic heterocycles. The molecule has 3 heterocycles. The van der Waals surface area contributed by atoms with E-state index in [2.05, 4.69) is 15.6 Å². The Bertz CT molecular complexity index is 1000. The highest BCUT2D eigenvalue weighted by atomic mass is 16.4. The number of carboxylic acid groups (broad SMARTS) is 1. The highest BCUT2D eigenvalue weighted by Crippen LogP contribution is 2.25. The molecule has 1 aromatic carbocycles. The standard InChI is InChI=1S/C21H24N4O5/c26-18(5-6-19(27)28)23-13-7-8-25-17(10-13)20(29)24-16(21(25)30)9-12-11-22-15-4-2-1-3-14(12)15/h1-4,11,13,16-17,22H,5-10H2,(H,23,26)(H,24,29)(H,27,28)/t13-,16+,17-/m0/s1. The SMILES string of the molecule is O=C(O)CCC(=O)N[C@H]1CCN2C(=O)[C@@H](Cc3c[nH]c4ccccc34)NC(=O)[C@@H]2C1. The summed E-state index contributed by atoms with van der Waals surface area (Å²) >= 11 is 0. The highest BCUT2D eigenvalue weighted by Gasteiger charge is 2.44. The number of piperidine rings is 1. The summed E-state index contributed by atoms with van der Waals surface area (Å²) in [5, 5.41) is 15.3. The van der Waals surface area contributed by atoms with Gasteiger partial charge in [-0.15, -0.1) is 0 Å². The molecule has 0 bridgehead atoms. The molecule has 0 saturated carbocycles. The Labute approximate surface area is 172 Å². The Morgan fingerprint density at radius 2 is 2.00 bits per heavy atom. The minimum absolute atomic E-state index is 0.0992. The molecule has 2 aliphatic rings. The molecular weight excluding hydrogens is 388 g/mol. The Balaban J connectivity index is 1.39. The average molecular weight is 412 g/mol. The molecule has 9 heteroatoms. The molecular formula is C21H24N4O5. The fourth-order valence-electron chi connectivity index (χ4n) is 4.32. The normalized spacial score (nSPS) is 23.7. The first kappa shape index (κ1) is 19.9. The van der Waals surface area contributed by atoms with E-state index in [1.165, 1.54) is 0 Å². The Hall–Kier alpha value is -3.36. The lowest BCUT2D eigenvalue weighted by atomic mass is 9.91. The second kappa shape index (κ2) is 8.17. The molecule has 0 radical (unpaired) electrons. The number of para-hydroxylation sites is 1. The van der Waals surface area contributed by atoms with Gasteiger partial charge in [-0.2, -0.15) is 0 Å². The van der Waals surface area contributed by atoms with Crippen molar-refractivity contribution in [3.63, 3.8) is 0 Å². The van der Waals surface area contributed by atoms with E-state index < -0.39 is 18.1 Å². The van der Waals surface area contributed by atoms with Crippen molar-refractivity contribution in [2.45, 2.75) is 50.2 Å². The number of aromatic nitrogens is 1. The van der Waals surface area contributed by atoms with Crippen LogP contribution in [0.4, 0.5) is 0 Å². The summed E-state index contributed by atoms with van der Waals surface area (Å²) in [4.78, 5) is 53.0. The summed E-state index contributed by atoms with van der Waals surface area (Å²) in [6.45, 7) is 0.380. The third-order valence-corrected chi connectivity index (χ3v) is 5.83. The predicted octanol–water partition coefficient (Wildman–Crippen LogP) is 0.549. The van der Waals surface area contributed by atoms with Crippen LogP contribution in [-0.4, -0.2) is 63.4 Å². The lowest BCUT2D eigenvalue weighted by molar-refractivity contribution is -0.151. The third kappa shape index (κ3) is 4.00. The molecule has 4 N–H and O–H groups in total. The topological polar surface area (TPSA) is 132 Å². The number of carboxylic acids is 1. The highest BCUT2D eigenvalue weighted by molar-refractivity contribution is 5.98. The van der Waals surface area contributed by atoms with Crippen molar-refractivity contribution >= 4 is 34.6 Å². The van der Waals surface area contributed by atoms with Gasteiger partial charge in [-0.25, -0.2) is 0 Å². The summed E-state index contributed by atoms with van der Waals surface area (Å²) in [7, 11) is 0. The summed E-state index contributed by atoms with van der Waals surface area (Å²) in [6.07, 6.45) is 2.81. The van der Waals surface area contributed by atoms with Gasteiger partial charge in [0, 0.05) is 42.5 Å². The van der Waals surface area contributed by atoms with Crippen LogP contribution in [-0.2, 0) is 25.6 Å². The Morgan fingerprint density at radius 1 is 1.20 bits per heavy atom. The van der Waals surface area contributed by atoms with Crippen LogP contribution in [0.15, 0.2) is 30.5 Å². The van der Waals surface area contributed by atoms with Crippen LogP contribution in [0.3, 0.4) is 0 Å². The maximum Gasteiger partial charge on any atom is 0.303 e. The van der Waals surface area contributed by atoms with Gasteiger partial charge in [0.1, 0.15) is 12.1 Å². The Kier molecular flexibility index (Phi) is 5.43. The lowest BCUT2D eigenvalue weighted by Gasteiger charge is -2.44. The zero-order chi connectivity index (χ0) is 21.3. The zero-order valence-corrected chi connectivity index (χ0v) is 16.4. The number of hydrogen-bond acceptors (Lipinski definition) is 4. The smallest absolute Gasteiger partial charge is 0.303 e. The predicted molar refractivity (Wildman–Crippen MR) is 107 cm³/mol. The average Bonchev–Trinajstić information content (AvgIpc) is 3.13. The van der Waals surface area contributed by atoms with Crippen LogP contribution < -0.4 is 10.6 Å². The number of rotatable bonds is 6. The lowest BCUT2D eigenvalue weighted by Crippen LogP contribution is -2.67. The van der Waals surface area contributed by atoms with Crippen LogP contribution in [0.2, 0.25) is 0 Å². The molecule has 4 rings (SSSR count). The van der Waals surface area contributed by atoms with E-state index in [1.807, 2.05) is 30.5 Å². The number of piperazine rings is 1. The second-order valence-corrected chi connectivity index (χ2v) is 7.85. The molecule has 3 amide bonds.